The van der Waals surface area contributed by atoms with Gasteiger partial charge in [-0.05, 0) is 32.4 Å². The molecule has 1 aliphatic rings. The number of ether oxygens (including phenoxy) is 1. The normalized spacial score (nSPS) is 15.8. The van der Waals surface area contributed by atoms with E-state index in [1.165, 1.54) is 6.92 Å². The minimum absolute atomic E-state index is 0.538. The molecule has 112 valence electrons. The van der Waals surface area contributed by atoms with Crippen molar-refractivity contribution >= 4 is 23.0 Å². The van der Waals surface area contributed by atoms with Crippen LogP contribution < -0.4 is 9.64 Å². The summed E-state index contributed by atoms with van der Waals surface area (Å²) in [7, 11) is 0. The summed E-state index contributed by atoms with van der Waals surface area (Å²) >= 11 is 0. The quantitative estimate of drug-likeness (QED) is 0.933. The van der Waals surface area contributed by atoms with Gasteiger partial charge in [0.15, 0.2) is 6.10 Å². The van der Waals surface area contributed by atoms with Crippen LogP contribution in [0.2, 0.25) is 0 Å². The Morgan fingerprint density at radius 1 is 1.48 bits per heavy atom. The highest BCUT2D eigenvalue weighted by Gasteiger charge is 2.20. The molecule has 0 aliphatic carbocycles. The average Bonchev–Trinajstić information content (AvgIpc) is 2.84. The van der Waals surface area contributed by atoms with E-state index in [2.05, 4.69) is 21.4 Å². The van der Waals surface area contributed by atoms with E-state index in [4.69, 9.17) is 9.84 Å². The molecule has 3 rings (SSSR count). The summed E-state index contributed by atoms with van der Waals surface area (Å²) in [5, 5.41) is 8.90. The number of anilines is 1. The Morgan fingerprint density at radius 3 is 3.00 bits per heavy atom. The molecule has 2 heterocycles. The van der Waals surface area contributed by atoms with E-state index in [0.717, 1.165) is 43.0 Å². The standard InChI is InChI=1S/C15H19N3O3/c1-3-17-7-4-8-18-13-6-5-11(21-10(2)14(19)20)9-12(13)16-15(17)18/h5-6,9-10H,3-4,7-8H2,1-2H3,(H,19,20). The molecule has 1 N–H and O–H groups in total. The van der Waals surface area contributed by atoms with Gasteiger partial charge in [-0.1, -0.05) is 0 Å². The molecular formula is C15H19N3O3. The molecule has 0 bridgehead atoms. The summed E-state index contributed by atoms with van der Waals surface area (Å²) in [5.74, 6) is 0.550. The van der Waals surface area contributed by atoms with Crippen molar-refractivity contribution in [2.45, 2.75) is 32.9 Å². The van der Waals surface area contributed by atoms with E-state index in [-0.39, 0.29) is 0 Å². The number of carbonyl (C=O) groups is 1. The number of aryl methyl sites for hydroxylation is 1. The number of hydrogen-bond donors (Lipinski definition) is 1. The predicted octanol–water partition coefficient (Wildman–Crippen LogP) is 2.12. The van der Waals surface area contributed by atoms with Gasteiger partial charge in [0.25, 0.3) is 0 Å². The maximum absolute atomic E-state index is 10.9. The van der Waals surface area contributed by atoms with Crippen molar-refractivity contribution in [3.05, 3.63) is 18.2 Å². The third-order valence-corrected chi connectivity index (χ3v) is 3.83. The molecule has 0 fully saturated rings. The lowest BCUT2D eigenvalue weighted by Crippen LogP contribution is -2.31. The first-order valence-corrected chi connectivity index (χ1v) is 7.25. The fourth-order valence-electron chi connectivity index (χ4n) is 2.71. The monoisotopic (exact) mass is 289 g/mol. The summed E-state index contributed by atoms with van der Waals surface area (Å²) in [4.78, 5) is 17.8. The molecule has 1 unspecified atom stereocenters. The van der Waals surface area contributed by atoms with E-state index in [1.807, 2.05) is 18.2 Å². The van der Waals surface area contributed by atoms with Crippen LogP contribution in [0.3, 0.4) is 0 Å². The Kier molecular flexibility index (Phi) is 3.45. The molecule has 0 saturated carbocycles. The molecule has 2 aromatic rings. The first-order chi connectivity index (χ1) is 10.1. The number of aliphatic carboxylic acids is 1. The minimum Gasteiger partial charge on any atom is -0.479 e. The first kappa shape index (κ1) is 13.7. The van der Waals surface area contributed by atoms with Crippen LogP contribution in [-0.2, 0) is 11.3 Å². The van der Waals surface area contributed by atoms with Crippen molar-refractivity contribution in [1.29, 1.82) is 0 Å². The molecule has 1 atom stereocenters. The van der Waals surface area contributed by atoms with Crippen molar-refractivity contribution in [3.63, 3.8) is 0 Å². The fraction of sp³-hybridized carbons (Fsp3) is 0.467. The number of imidazole rings is 1. The van der Waals surface area contributed by atoms with Gasteiger partial charge in [0.1, 0.15) is 5.75 Å². The van der Waals surface area contributed by atoms with E-state index in [0.29, 0.717) is 5.75 Å². The fourth-order valence-corrected chi connectivity index (χ4v) is 2.71. The molecule has 0 amide bonds. The summed E-state index contributed by atoms with van der Waals surface area (Å²) in [5.41, 5.74) is 1.92. The van der Waals surface area contributed by atoms with E-state index in [1.54, 1.807) is 0 Å². The summed E-state index contributed by atoms with van der Waals surface area (Å²) < 4.78 is 7.62. The molecule has 0 radical (unpaired) electrons. The van der Waals surface area contributed by atoms with E-state index < -0.39 is 12.1 Å². The maximum atomic E-state index is 10.9. The van der Waals surface area contributed by atoms with Crippen LogP contribution in [0.1, 0.15) is 20.3 Å². The van der Waals surface area contributed by atoms with Crippen LogP contribution >= 0.6 is 0 Å². The number of aromatic nitrogens is 2. The molecular weight excluding hydrogens is 270 g/mol. The highest BCUT2D eigenvalue weighted by molar-refractivity contribution is 5.81. The lowest BCUT2D eigenvalue weighted by atomic mass is 10.2. The van der Waals surface area contributed by atoms with Crippen LogP contribution in [0.5, 0.6) is 5.75 Å². The Labute approximate surface area is 122 Å². The zero-order chi connectivity index (χ0) is 15.0. The van der Waals surface area contributed by atoms with Gasteiger partial charge in [0.2, 0.25) is 5.95 Å². The third-order valence-electron chi connectivity index (χ3n) is 3.83. The van der Waals surface area contributed by atoms with Gasteiger partial charge in [-0.2, -0.15) is 0 Å². The van der Waals surface area contributed by atoms with Gasteiger partial charge in [-0.3, -0.25) is 0 Å². The molecule has 0 spiro atoms. The zero-order valence-electron chi connectivity index (χ0n) is 12.2. The van der Waals surface area contributed by atoms with Gasteiger partial charge in [0.05, 0.1) is 11.0 Å². The Morgan fingerprint density at radius 2 is 2.29 bits per heavy atom. The topological polar surface area (TPSA) is 67.6 Å². The van der Waals surface area contributed by atoms with Crippen LogP contribution in [-0.4, -0.2) is 39.8 Å². The molecule has 21 heavy (non-hydrogen) atoms. The predicted molar refractivity (Wildman–Crippen MR) is 80.0 cm³/mol. The SMILES string of the molecule is CCN1CCCn2c1nc1cc(OC(C)C(=O)O)ccc12. The van der Waals surface area contributed by atoms with Gasteiger partial charge in [0, 0.05) is 25.7 Å². The molecule has 1 aromatic heterocycles. The summed E-state index contributed by atoms with van der Waals surface area (Å²) in [6.07, 6.45) is 0.243. The minimum atomic E-state index is -0.976. The number of fused-ring (bicyclic) bond motifs is 3. The first-order valence-electron chi connectivity index (χ1n) is 7.25. The smallest absolute Gasteiger partial charge is 0.344 e. The van der Waals surface area contributed by atoms with Crippen LogP contribution in [0.25, 0.3) is 11.0 Å². The highest BCUT2D eigenvalue weighted by atomic mass is 16.5. The second-order valence-corrected chi connectivity index (χ2v) is 5.25. The summed E-state index contributed by atoms with van der Waals surface area (Å²) in [6.45, 7) is 6.57. The number of hydrogen-bond acceptors (Lipinski definition) is 4. The van der Waals surface area contributed by atoms with Gasteiger partial charge in [-0.25, -0.2) is 9.78 Å². The molecule has 0 saturated heterocycles. The van der Waals surface area contributed by atoms with Crippen molar-refractivity contribution in [1.82, 2.24) is 9.55 Å². The molecule has 6 heteroatoms. The lowest BCUT2D eigenvalue weighted by Gasteiger charge is -2.27. The largest absolute Gasteiger partial charge is 0.479 e. The molecule has 1 aromatic carbocycles. The molecule has 6 nitrogen and oxygen atoms in total. The van der Waals surface area contributed by atoms with Crippen LogP contribution in [0.4, 0.5) is 5.95 Å². The van der Waals surface area contributed by atoms with Crippen molar-refractivity contribution in [2.75, 3.05) is 18.0 Å². The van der Waals surface area contributed by atoms with Crippen molar-refractivity contribution in [2.24, 2.45) is 0 Å². The van der Waals surface area contributed by atoms with Gasteiger partial charge in [-0.15, -0.1) is 0 Å². The summed E-state index contributed by atoms with van der Waals surface area (Å²) in [6, 6.07) is 5.57. The van der Waals surface area contributed by atoms with Crippen molar-refractivity contribution in [3.8, 4) is 5.75 Å². The zero-order valence-corrected chi connectivity index (χ0v) is 12.2. The number of benzene rings is 1. The highest BCUT2D eigenvalue weighted by Crippen LogP contribution is 2.29. The van der Waals surface area contributed by atoms with Crippen LogP contribution in [0, 0.1) is 0 Å². The van der Waals surface area contributed by atoms with Crippen molar-refractivity contribution < 1.29 is 14.6 Å². The number of carboxylic acids is 1. The number of nitrogens with zero attached hydrogens (tertiary/aromatic N) is 3. The van der Waals surface area contributed by atoms with E-state index >= 15 is 0 Å². The third kappa shape index (κ3) is 2.41. The maximum Gasteiger partial charge on any atom is 0.344 e. The molecule has 1 aliphatic heterocycles. The Balaban J connectivity index is 1.97. The average molecular weight is 289 g/mol. The Hall–Kier alpha value is -2.24. The number of rotatable bonds is 4. The lowest BCUT2D eigenvalue weighted by molar-refractivity contribution is -0.144. The van der Waals surface area contributed by atoms with Gasteiger partial charge < -0.3 is 19.3 Å². The van der Waals surface area contributed by atoms with Crippen LogP contribution in [0.15, 0.2) is 18.2 Å². The Bertz CT molecular complexity index is 680. The van der Waals surface area contributed by atoms with E-state index in [9.17, 15) is 4.79 Å². The van der Waals surface area contributed by atoms with Gasteiger partial charge >= 0.3 is 5.97 Å². The number of carboxylic acid groups (broad SMARTS) is 1. The second kappa shape index (κ2) is 5.27. The second-order valence-electron chi connectivity index (χ2n) is 5.25.